The topological polar surface area (TPSA) is 0 Å². The lowest BCUT2D eigenvalue weighted by Gasteiger charge is -2.03. The molecule has 0 spiro atoms. The smallest absolute Gasteiger partial charge is 0.0305 e. The van der Waals surface area contributed by atoms with Crippen molar-refractivity contribution in [2.75, 3.05) is 0 Å². The monoisotopic (exact) mass is 178 g/mol. The van der Waals surface area contributed by atoms with Crippen LogP contribution in [0.3, 0.4) is 0 Å². The average Bonchev–Trinajstić information content (AvgIpc) is 1.98. The fraction of sp³-hybridized carbons (Fsp3) is 0.538. The Hall–Kier alpha value is -0.780. The first kappa shape index (κ1) is 12.2. The van der Waals surface area contributed by atoms with Gasteiger partial charge in [0.2, 0.25) is 0 Å². The summed E-state index contributed by atoms with van der Waals surface area (Å²) < 4.78 is 0. The Labute approximate surface area is 83.0 Å². The van der Waals surface area contributed by atoms with Crippen molar-refractivity contribution >= 4 is 0 Å². The number of hydrogen-bond donors (Lipinski definition) is 0. The van der Waals surface area contributed by atoms with Crippen LogP contribution in [0.5, 0.6) is 0 Å². The maximum absolute atomic E-state index is 2.27. The van der Waals surface area contributed by atoms with Crippen molar-refractivity contribution in [2.24, 2.45) is 0 Å². The Morgan fingerprint density at radius 1 is 0.846 bits per heavy atom. The second kappa shape index (κ2) is 5.80. The summed E-state index contributed by atoms with van der Waals surface area (Å²) in [5.41, 5.74) is 5.58. The first-order valence-electron chi connectivity index (χ1n) is 4.97. The summed E-state index contributed by atoms with van der Waals surface area (Å²) in [6.45, 7) is 13.0. The zero-order valence-corrected chi connectivity index (χ0v) is 9.86. The highest BCUT2D eigenvalue weighted by molar-refractivity contribution is 5.34. The molecule has 0 heterocycles. The summed E-state index contributed by atoms with van der Waals surface area (Å²) in [5.74, 6) is 0. The molecular weight excluding hydrogens is 156 g/mol. The standard InChI is InChI=1S/C13H22/c1-7-13(9-11(4)5)12(6)8-10(2)3/h8-9H,7H2,1-6H3/b13-12+. The predicted molar refractivity (Wildman–Crippen MR) is 61.9 cm³/mol. The van der Waals surface area contributed by atoms with Crippen molar-refractivity contribution in [3.8, 4) is 0 Å². The molecule has 0 saturated heterocycles. The van der Waals surface area contributed by atoms with Crippen molar-refractivity contribution in [3.05, 3.63) is 34.4 Å². The molecule has 0 amide bonds. The number of allylic oxidation sites excluding steroid dienone is 6. The molecule has 0 nitrogen and oxygen atoms in total. The minimum atomic E-state index is 1.11. The quantitative estimate of drug-likeness (QED) is 0.552. The van der Waals surface area contributed by atoms with E-state index in [1.54, 1.807) is 0 Å². The molecular formula is C13H22. The molecule has 0 rings (SSSR count). The van der Waals surface area contributed by atoms with Crippen molar-refractivity contribution in [1.29, 1.82) is 0 Å². The van der Waals surface area contributed by atoms with Crippen LogP contribution in [0.4, 0.5) is 0 Å². The minimum Gasteiger partial charge on any atom is -0.0762 e. The maximum atomic E-state index is 2.27. The summed E-state index contributed by atoms with van der Waals surface area (Å²) in [6, 6.07) is 0. The van der Waals surface area contributed by atoms with Gasteiger partial charge in [0.1, 0.15) is 0 Å². The van der Waals surface area contributed by atoms with Gasteiger partial charge in [0.25, 0.3) is 0 Å². The van der Waals surface area contributed by atoms with E-state index < -0.39 is 0 Å². The van der Waals surface area contributed by atoms with E-state index in [1.165, 1.54) is 22.3 Å². The van der Waals surface area contributed by atoms with Crippen LogP contribution in [-0.2, 0) is 0 Å². The molecule has 0 heteroatoms. The predicted octanol–water partition coefficient (Wildman–Crippen LogP) is 4.65. The third-order valence-electron chi connectivity index (χ3n) is 1.86. The van der Waals surface area contributed by atoms with Gasteiger partial charge >= 0.3 is 0 Å². The van der Waals surface area contributed by atoms with Crippen LogP contribution in [0.15, 0.2) is 34.4 Å². The minimum absolute atomic E-state index is 1.11. The molecule has 0 aromatic heterocycles. The van der Waals surface area contributed by atoms with E-state index in [9.17, 15) is 0 Å². The van der Waals surface area contributed by atoms with Crippen molar-refractivity contribution in [3.63, 3.8) is 0 Å². The molecule has 0 aliphatic heterocycles. The number of hydrogen-bond acceptors (Lipinski definition) is 0. The molecule has 0 saturated carbocycles. The van der Waals surface area contributed by atoms with Gasteiger partial charge in [-0.25, -0.2) is 0 Å². The van der Waals surface area contributed by atoms with E-state index in [0.29, 0.717) is 0 Å². The fourth-order valence-corrected chi connectivity index (χ4v) is 1.37. The lowest BCUT2D eigenvalue weighted by molar-refractivity contribution is 1.10. The zero-order chi connectivity index (χ0) is 10.4. The van der Waals surface area contributed by atoms with Crippen molar-refractivity contribution in [1.82, 2.24) is 0 Å². The van der Waals surface area contributed by atoms with Crippen LogP contribution in [0.1, 0.15) is 48.0 Å². The molecule has 0 unspecified atom stereocenters. The van der Waals surface area contributed by atoms with Crippen LogP contribution >= 0.6 is 0 Å². The van der Waals surface area contributed by atoms with E-state index in [4.69, 9.17) is 0 Å². The van der Waals surface area contributed by atoms with Gasteiger partial charge in [-0.1, -0.05) is 30.2 Å². The van der Waals surface area contributed by atoms with Gasteiger partial charge in [-0.05, 0) is 52.2 Å². The molecule has 0 aliphatic carbocycles. The third-order valence-corrected chi connectivity index (χ3v) is 1.86. The Kier molecular flexibility index (Phi) is 5.45. The SMILES string of the molecule is CC/C(C=C(C)C)=C(/C)C=C(C)C. The van der Waals surface area contributed by atoms with Gasteiger partial charge in [0.15, 0.2) is 0 Å². The molecule has 13 heavy (non-hydrogen) atoms. The molecule has 0 fully saturated rings. The van der Waals surface area contributed by atoms with Crippen LogP contribution < -0.4 is 0 Å². The van der Waals surface area contributed by atoms with E-state index in [1.807, 2.05) is 0 Å². The van der Waals surface area contributed by atoms with E-state index in [2.05, 4.69) is 53.7 Å². The highest BCUT2D eigenvalue weighted by atomic mass is 14.0. The second-order valence-corrected chi connectivity index (χ2v) is 4.01. The van der Waals surface area contributed by atoms with E-state index in [-0.39, 0.29) is 0 Å². The van der Waals surface area contributed by atoms with Crippen LogP contribution in [0.2, 0.25) is 0 Å². The number of rotatable bonds is 3. The van der Waals surface area contributed by atoms with E-state index >= 15 is 0 Å². The van der Waals surface area contributed by atoms with Crippen LogP contribution in [0, 0.1) is 0 Å². The van der Waals surface area contributed by atoms with E-state index in [0.717, 1.165) is 6.42 Å². The highest BCUT2D eigenvalue weighted by Crippen LogP contribution is 2.14. The van der Waals surface area contributed by atoms with Gasteiger partial charge in [0.05, 0.1) is 0 Å². The first-order chi connectivity index (χ1) is 5.97. The zero-order valence-electron chi connectivity index (χ0n) is 9.86. The highest BCUT2D eigenvalue weighted by Gasteiger charge is 1.94. The summed E-state index contributed by atoms with van der Waals surface area (Å²) in [6.07, 6.45) is 5.63. The van der Waals surface area contributed by atoms with Gasteiger partial charge in [0, 0.05) is 0 Å². The molecule has 0 aromatic rings. The third kappa shape index (κ3) is 5.46. The Morgan fingerprint density at radius 2 is 1.31 bits per heavy atom. The molecule has 0 radical (unpaired) electrons. The molecule has 74 valence electrons. The molecule has 0 N–H and O–H groups in total. The Morgan fingerprint density at radius 3 is 1.62 bits per heavy atom. The Bertz CT molecular complexity index is 241. The summed E-state index contributed by atoms with van der Waals surface area (Å²) in [7, 11) is 0. The largest absolute Gasteiger partial charge is 0.0762 e. The molecule has 0 aliphatic rings. The lowest BCUT2D eigenvalue weighted by Crippen LogP contribution is -1.83. The summed E-state index contributed by atoms with van der Waals surface area (Å²) >= 11 is 0. The molecule has 0 atom stereocenters. The maximum Gasteiger partial charge on any atom is -0.0305 e. The Balaban J connectivity index is 4.91. The van der Waals surface area contributed by atoms with Crippen molar-refractivity contribution in [2.45, 2.75) is 48.0 Å². The summed E-state index contributed by atoms with van der Waals surface area (Å²) in [4.78, 5) is 0. The van der Waals surface area contributed by atoms with Crippen LogP contribution in [-0.4, -0.2) is 0 Å². The second-order valence-electron chi connectivity index (χ2n) is 4.01. The van der Waals surface area contributed by atoms with Crippen molar-refractivity contribution < 1.29 is 0 Å². The molecule has 0 bridgehead atoms. The van der Waals surface area contributed by atoms with Gasteiger partial charge in [-0.15, -0.1) is 0 Å². The van der Waals surface area contributed by atoms with Gasteiger partial charge < -0.3 is 0 Å². The molecule has 0 aromatic carbocycles. The normalized spacial score (nSPS) is 11.8. The first-order valence-corrected chi connectivity index (χ1v) is 4.97. The van der Waals surface area contributed by atoms with Crippen LogP contribution in [0.25, 0.3) is 0 Å². The van der Waals surface area contributed by atoms with Gasteiger partial charge in [-0.2, -0.15) is 0 Å². The van der Waals surface area contributed by atoms with Gasteiger partial charge in [-0.3, -0.25) is 0 Å². The fourth-order valence-electron chi connectivity index (χ4n) is 1.37. The average molecular weight is 178 g/mol. The lowest BCUT2D eigenvalue weighted by atomic mass is 10.0. The summed E-state index contributed by atoms with van der Waals surface area (Å²) in [5, 5.41) is 0.